The van der Waals surface area contributed by atoms with Gasteiger partial charge in [-0.05, 0) is 58.8 Å². The number of benzene rings is 1. The maximum atomic E-state index is 12.1. The number of hydrogen-bond acceptors (Lipinski definition) is 3. The van der Waals surface area contributed by atoms with Crippen LogP contribution in [0.5, 0.6) is 0 Å². The zero-order valence-electron chi connectivity index (χ0n) is 13.4. The van der Waals surface area contributed by atoms with Crippen molar-refractivity contribution < 1.29 is 4.79 Å². The molecule has 1 heterocycles. The molecule has 1 fully saturated rings. The van der Waals surface area contributed by atoms with E-state index >= 15 is 0 Å². The quantitative estimate of drug-likeness (QED) is 0.845. The Labute approximate surface area is 127 Å². The summed E-state index contributed by atoms with van der Waals surface area (Å²) >= 11 is 0. The molecule has 1 aliphatic rings. The Morgan fingerprint density at radius 1 is 1.19 bits per heavy atom. The highest BCUT2D eigenvalue weighted by atomic mass is 16.2. The fourth-order valence-electron chi connectivity index (χ4n) is 2.64. The lowest BCUT2D eigenvalue weighted by atomic mass is 10.2. The van der Waals surface area contributed by atoms with E-state index < -0.39 is 0 Å². The molecule has 2 rings (SSSR count). The van der Waals surface area contributed by atoms with Crippen LogP contribution in [0.2, 0.25) is 0 Å². The normalized spacial score (nSPS) is 18.4. The van der Waals surface area contributed by atoms with Crippen molar-refractivity contribution in [2.24, 2.45) is 0 Å². The smallest absolute Gasteiger partial charge is 0.241 e. The van der Waals surface area contributed by atoms with Gasteiger partial charge in [0.2, 0.25) is 5.91 Å². The van der Waals surface area contributed by atoms with Crippen molar-refractivity contribution in [2.75, 3.05) is 25.0 Å². The molecule has 0 spiro atoms. The van der Waals surface area contributed by atoms with E-state index in [-0.39, 0.29) is 11.9 Å². The van der Waals surface area contributed by atoms with E-state index in [0.29, 0.717) is 6.04 Å². The first kappa shape index (κ1) is 16.0. The molecule has 1 amide bonds. The monoisotopic (exact) mass is 289 g/mol. The van der Waals surface area contributed by atoms with Crippen molar-refractivity contribution in [3.8, 4) is 0 Å². The van der Waals surface area contributed by atoms with Crippen molar-refractivity contribution in [1.82, 2.24) is 10.2 Å². The van der Waals surface area contributed by atoms with Gasteiger partial charge in [-0.1, -0.05) is 17.7 Å². The molecule has 4 nitrogen and oxygen atoms in total. The van der Waals surface area contributed by atoms with Crippen LogP contribution in [0, 0.1) is 6.92 Å². The third-order valence-electron chi connectivity index (χ3n) is 4.20. The van der Waals surface area contributed by atoms with Gasteiger partial charge in [0.15, 0.2) is 0 Å². The summed E-state index contributed by atoms with van der Waals surface area (Å²) in [7, 11) is 0. The summed E-state index contributed by atoms with van der Waals surface area (Å²) in [5, 5.41) is 6.28. The summed E-state index contributed by atoms with van der Waals surface area (Å²) in [5.41, 5.74) is 2.05. The van der Waals surface area contributed by atoms with E-state index in [9.17, 15) is 4.79 Å². The third kappa shape index (κ3) is 4.83. The van der Waals surface area contributed by atoms with Crippen LogP contribution in [0.3, 0.4) is 0 Å². The van der Waals surface area contributed by atoms with E-state index in [1.165, 1.54) is 31.5 Å². The topological polar surface area (TPSA) is 44.4 Å². The van der Waals surface area contributed by atoms with Gasteiger partial charge in [-0.2, -0.15) is 0 Å². The van der Waals surface area contributed by atoms with Crippen molar-refractivity contribution in [1.29, 1.82) is 0 Å². The minimum absolute atomic E-state index is 0.0208. The first-order valence-electron chi connectivity index (χ1n) is 7.91. The minimum Gasteiger partial charge on any atom is -0.325 e. The molecule has 1 aliphatic heterocycles. The molecule has 1 aromatic rings. The zero-order valence-corrected chi connectivity index (χ0v) is 13.4. The lowest BCUT2D eigenvalue weighted by Crippen LogP contribution is -2.45. The number of rotatable bonds is 6. The van der Waals surface area contributed by atoms with E-state index in [4.69, 9.17) is 0 Å². The molecule has 0 bridgehead atoms. The number of likely N-dealkylation sites (tertiary alicyclic amines) is 1. The standard InChI is InChI=1S/C17H27N3O/c1-13-6-8-16(9-7-13)19-17(21)15(3)18-12-14(2)20-10-4-5-11-20/h6-9,14-15,18H,4-5,10-12H2,1-3H3,(H,19,21). The number of hydrogen-bond donors (Lipinski definition) is 2. The van der Waals surface area contributed by atoms with Crippen LogP contribution in [0.15, 0.2) is 24.3 Å². The maximum absolute atomic E-state index is 12.1. The number of aryl methyl sites for hydroxylation is 1. The zero-order chi connectivity index (χ0) is 15.2. The summed E-state index contributed by atoms with van der Waals surface area (Å²) in [6.07, 6.45) is 2.60. The highest BCUT2D eigenvalue weighted by Crippen LogP contribution is 2.11. The fraction of sp³-hybridized carbons (Fsp3) is 0.588. The number of nitrogens with zero attached hydrogens (tertiary/aromatic N) is 1. The molecule has 2 N–H and O–H groups in total. The van der Waals surface area contributed by atoms with Gasteiger partial charge in [-0.3, -0.25) is 9.69 Å². The van der Waals surface area contributed by atoms with Crippen molar-refractivity contribution in [2.45, 2.75) is 45.7 Å². The highest BCUT2D eigenvalue weighted by molar-refractivity contribution is 5.94. The first-order chi connectivity index (χ1) is 10.1. The average molecular weight is 289 g/mol. The Morgan fingerprint density at radius 2 is 1.81 bits per heavy atom. The minimum atomic E-state index is -0.184. The summed E-state index contributed by atoms with van der Waals surface area (Å²) < 4.78 is 0. The Balaban J connectivity index is 1.75. The average Bonchev–Trinajstić information content (AvgIpc) is 3.01. The molecular weight excluding hydrogens is 262 g/mol. The van der Waals surface area contributed by atoms with Gasteiger partial charge in [-0.15, -0.1) is 0 Å². The Bertz CT molecular complexity index is 452. The van der Waals surface area contributed by atoms with Crippen LogP contribution in [-0.4, -0.2) is 42.5 Å². The van der Waals surface area contributed by atoms with Crippen LogP contribution >= 0.6 is 0 Å². The number of anilines is 1. The van der Waals surface area contributed by atoms with Gasteiger partial charge in [0, 0.05) is 18.3 Å². The molecule has 1 saturated heterocycles. The van der Waals surface area contributed by atoms with E-state index in [2.05, 4.69) is 22.5 Å². The van der Waals surface area contributed by atoms with Crippen LogP contribution in [0.4, 0.5) is 5.69 Å². The summed E-state index contributed by atoms with van der Waals surface area (Å²) in [6, 6.07) is 8.19. The summed E-state index contributed by atoms with van der Waals surface area (Å²) in [6.45, 7) is 9.40. The van der Waals surface area contributed by atoms with Gasteiger partial charge >= 0.3 is 0 Å². The predicted molar refractivity (Wildman–Crippen MR) is 87.5 cm³/mol. The van der Waals surface area contributed by atoms with Gasteiger partial charge in [0.1, 0.15) is 0 Å². The number of nitrogens with one attached hydrogen (secondary N) is 2. The maximum Gasteiger partial charge on any atom is 0.241 e. The van der Waals surface area contributed by atoms with Gasteiger partial charge in [0.25, 0.3) is 0 Å². The van der Waals surface area contributed by atoms with Crippen LogP contribution < -0.4 is 10.6 Å². The molecule has 4 heteroatoms. The van der Waals surface area contributed by atoms with Crippen LogP contribution in [-0.2, 0) is 4.79 Å². The predicted octanol–water partition coefficient (Wildman–Crippen LogP) is 2.40. The molecule has 0 aromatic heterocycles. The van der Waals surface area contributed by atoms with Crippen molar-refractivity contribution >= 4 is 11.6 Å². The largest absolute Gasteiger partial charge is 0.325 e. The Morgan fingerprint density at radius 3 is 2.43 bits per heavy atom. The SMILES string of the molecule is Cc1ccc(NC(=O)C(C)NCC(C)N2CCCC2)cc1. The second kappa shape index (κ2) is 7.57. The van der Waals surface area contributed by atoms with Gasteiger partial charge < -0.3 is 10.6 Å². The lowest BCUT2D eigenvalue weighted by molar-refractivity contribution is -0.117. The number of amides is 1. The van der Waals surface area contributed by atoms with Crippen LogP contribution in [0.25, 0.3) is 0 Å². The lowest BCUT2D eigenvalue weighted by Gasteiger charge is -2.25. The fourth-order valence-corrected chi connectivity index (χ4v) is 2.64. The second-order valence-electron chi connectivity index (χ2n) is 6.08. The van der Waals surface area contributed by atoms with E-state index in [0.717, 1.165) is 12.2 Å². The molecule has 116 valence electrons. The second-order valence-corrected chi connectivity index (χ2v) is 6.08. The molecule has 1 aromatic carbocycles. The Kier molecular flexibility index (Phi) is 5.76. The number of carbonyl (C=O) groups is 1. The third-order valence-corrected chi connectivity index (χ3v) is 4.20. The van der Waals surface area contributed by atoms with Gasteiger partial charge in [0.05, 0.1) is 6.04 Å². The first-order valence-corrected chi connectivity index (χ1v) is 7.91. The van der Waals surface area contributed by atoms with Crippen molar-refractivity contribution in [3.05, 3.63) is 29.8 Å². The van der Waals surface area contributed by atoms with Crippen molar-refractivity contribution in [3.63, 3.8) is 0 Å². The molecule has 2 unspecified atom stereocenters. The molecule has 0 radical (unpaired) electrons. The molecule has 0 aliphatic carbocycles. The molecule has 0 saturated carbocycles. The highest BCUT2D eigenvalue weighted by Gasteiger charge is 2.19. The number of carbonyl (C=O) groups excluding carboxylic acids is 1. The molecule has 2 atom stereocenters. The molecule has 21 heavy (non-hydrogen) atoms. The van der Waals surface area contributed by atoms with Gasteiger partial charge in [-0.25, -0.2) is 0 Å². The molecular formula is C17H27N3O. The Hall–Kier alpha value is -1.39. The van der Waals surface area contributed by atoms with E-state index in [1.54, 1.807) is 0 Å². The van der Waals surface area contributed by atoms with E-state index in [1.807, 2.05) is 38.1 Å². The summed E-state index contributed by atoms with van der Waals surface area (Å²) in [5.74, 6) is 0.0208. The summed E-state index contributed by atoms with van der Waals surface area (Å²) in [4.78, 5) is 14.6. The van der Waals surface area contributed by atoms with Crippen LogP contribution in [0.1, 0.15) is 32.3 Å².